The highest BCUT2D eigenvalue weighted by Gasteiger charge is 2.21. The lowest BCUT2D eigenvalue weighted by molar-refractivity contribution is -0.125. The monoisotopic (exact) mass is 362 g/mol. The molecule has 0 aliphatic heterocycles. The van der Waals surface area contributed by atoms with Crippen molar-refractivity contribution in [3.8, 4) is 0 Å². The predicted octanol–water partition coefficient (Wildman–Crippen LogP) is -2.26. The molecule has 0 aromatic carbocycles. The van der Waals surface area contributed by atoms with E-state index in [0.29, 0.717) is 5.01 Å². The van der Waals surface area contributed by atoms with Crippen LogP contribution in [0.15, 0.2) is 0 Å². The van der Waals surface area contributed by atoms with Crippen LogP contribution >= 0.6 is 0 Å². The zero-order valence-electron chi connectivity index (χ0n) is 13.4. The van der Waals surface area contributed by atoms with Gasteiger partial charge in [0, 0.05) is 0 Å². The summed E-state index contributed by atoms with van der Waals surface area (Å²) < 4.78 is 8.62. The van der Waals surface area contributed by atoms with E-state index in [4.69, 9.17) is 5.73 Å². The van der Waals surface area contributed by atoms with Gasteiger partial charge < -0.3 is 20.5 Å². The van der Waals surface area contributed by atoms with Crippen LogP contribution in [0.1, 0.15) is 6.92 Å². The lowest BCUT2D eigenvalue weighted by Crippen LogP contribution is -2.56. The first-order chi connectivity index (χ1) is 11.7. The molecule has 6 N–H and O–H groups in total. The number of carbonyl (C=O) groups is 6. The van der Waals surface area contributed by atoms with Gasteiger partial charge in [-0.25, -0.2) is 34.8 Å². The number of nitrogens with zero attached hydrogens (tertiary/aromatic N) is 1. The molecule has 0 saturated heterocycles. The van der Waals surface area contributed by atoms with Gasteiger partial charge in [-0.05, 0) is 6.92 Å². The molecule has 0 aliphatic rings. The number of amides is 8. The van der Waals surface area contributed by atoms with Gasteiger partial charge in [0.2, 0.25) is 5.91 Å². The summed E-state index contributed by atoms with van der Waals surface area (Å²) in [4.78, 5) is 67.5. The summed E-state index contributed by atoms with van der Waals surface area (Å²) in [7, 11) is 1.03. The van der Waals surface area contributed by atoms with Crippen molar-refractivity contribution < 1.29 is 38.2 Å². The third kappa shape index (κ3) is 9.93. The molecule has 0 heterocycles. The molecule has 0 fully saturated rings. The molecule has 140 valence electrons. The molecule has 0 radical (unpaired) electrons. The Morgan fingerprint density at radius 3 is 2.20 bits per heavy atom. The molecule has 8 amide bonds. The molecule has 0 unspecified atom stereocenters. The maximum atomic E-state index is 11.8. The van der Waals surface area contributed by atoms with Crippen LogP contribution in [0.2, 0.25) is 0 Å². The molecule has 0 atom stereocenters. The lowest BCUT2D eigenvalue weighted by atomic mass is 10.5. The molecular formula is C11H18N6O8. The Kier molecular flexibility index (Phi) is 9.45. The number of nitrogens with one attached hydrogen (secondary N) is 4. The first-order valence-corrected chi connectivity index (χ1v) is 6.65. The van der Waals surface area contributed by atoms with Crippen LogP contribution in [0.3, 0.4) is 0 Å². The Morgan fingerprint density at radius 1 is 1.04 bits per heavy atom. The minimum absolute atomic E-state index is 0.0134. The van der Waals surface area contributed by atoms with Crippen molar-refractivity contribution in [1.29, 1.82) is 0 Å². The second-order valence-corrected chi connectivity index (χ2v) is 4.04. The van der Waals surface area contributed by atoms with Crippen molar-refractivity contribution in [2.45, 2.75) is 6.92 Å². The molecule has 0 saturated carbocycles. The standard InChI is InChI=1S/C11H18N6O8/c1-3-25-11(23)15-9(21)17(5-6(12)18)16-7(19)4-13-8(20)14-10(22)24-2/h3-5H2,1-2H3,(H2,12,18)(H,16,19)(H,15,21,23)(H2,13,14,20,22). The van der Waals surface area contributed by atoms with E-state index in [1.165, 1.54) is 6.92 Å². The van der Waals surface area contributed by atoms with Gasteiger partial charge in [0.05, 0.1) is 13.7 Å². The molecule has 0 aliphatic carbocycles. The Labute approximate surface area is 141 Å². The summed E-state index contributed by atoms with van der Waals surface area (Å²) in [6, 6.07) is -2.23. The number of ether oxygens (including phenoxy) is 2. The molecule has 0 bridgehead atoms. The van der Waals surface area contributed by atoms with Gasteiger partial charge in [0.15, 0.2) is 0 Å². The van der Waals surface area contributed by atoms with E-state index in [1.54, 1.807) is 10.6 Å². The SMILES string of the molecule is CCOC(=O)NC(=O)N(CC(N)=O)NC(=O)CNC(=O)NC(=O)OC. The summed E-state index contributed by atoms with van der Waals surface area (Å²) in [5.74, 6) is -1.95. The molecule has 0 aromatic rings. The first kappa shape index (κ1) is 21.4. The normalized spacial score (nSPS) is 9.20. The highest BCUT2D eigenvalue weighted by atomic mass is 16.5. The van der Waals surface area contributed by atoms with Gasteiger partial charge in [-0.3, -0.25) is 15.0 Å². The van der Waals surface area contributed by atoms with Gasteiger partial charge >= 0.3 is 24.2 Å². The van der Waals surface area contributed by atoms with Gasteiger partial charge in [0.1, 0.15) is 13.1 Å². The topological polar surface area (TPSA) is 198 Å². The minimum Gasteiger partial charge on any atom is -0.453 e. The van der Waals surface area contributed by atoms with Crippen molar-refractivity contribution >= 4 is 36.1 Å². The fraction of sp³-hybridized carbons (Fsp3) is 0.455. The second-order valence-electron chi connectivity index (χ2n) is 4.04. The number of carbonyl (C=O) groups excluding carboxylic acids is 6. The van der Waals surface area contributed by atoms with Crippen LogP contribution < -0.4 is 27.1 Å². The Bertz CT molecular complexity index is 551. The summed E-state index contributed by atoms with van der Waals surface area (Å²) >= 11 is 0. The average molecular weight is 362 g/mol. The van der Waals surface area contributed by atoms with Crippen molar-refractivity contribution in [1.82, 2.24) is 26.4 Å². The number of hydrogen-bond acceptors (Lipinski definition) is 8. The van der Waals surface area contributed by atoms with Crippen LogP contribution in [-0.4, -0.2) is 67.9 Å². The number of methoxy groups -OCH3 is 1. The smallest absolute Gasteiger partial charge is 0.415 e. The van der Waals surface area contributed by atoms with Crippen molar-refractivity contribution in [2.75, 3.05) is 26.8 Å². The maximum Gasteiger partial charge on any atom is 0.415 e. The van der Waals surface area contributed by atoms with E-state index >= 15 is 0 Å². The zero-order chi connectivity index (χ0) is 19.4. The molecule has 14 heteroatoms. The molecule has 25 heavy (non-hydrogen) atoms. The second kappa shape index (κ2) is 11.0. The van der Waals surface area contributed by atoms with E-state index in [-0.39, 0.29) is 6.61 Å². The van der Waals surface area contributed by atoms with Crippen molar-refractivity contribution in [2.24, 2.45) is 5.73 Å². The highest BCUT2D eigenvalue weighted by Crippen LogP contribution is 1.87. The van der Waals surface area contributed by atoms with Crippen LogP contribution in [0.25, 0.3) is 0 Å². The third-order valence-corrected chi connectivity index (χ3v) is 2.11. The van der Waals surface area contributed by atoms with Crippen molar-refractivity contribution in [3.05, 3.63) is 0 Å². The van der Waals surface area contributed by atoms with E-state index in [0.717, 1.165) is 7.11 Å². The fourth-order valence-electron chi connectivity index (χ4n) is 1.18. The number of hydrogen-bond donors (Lipinski definition) is 5. The number of nitrogens with two attached hydrogens (primary N) is 1. The lowest BCUT2D eigenvalue weighted by Gasteiger charge is -2.21. The zero-order valence-corrected chi connectivity index (χ0v) is 13.4. The van der Waals surface area contributed by atoms with Gasteiger partial charge in [-0.1, -0.05) is 0 Å². The van der Waals surface area contributed by atoms with Gasteiger partial charge in [0.25, 0.3) is 5.91 Å². The van der Waals surface area contributed by atoms with Crippen LogP contribution in [0.5, 0.6) is 0 Å². The van der Waals surface area contributed by atoms with Gasteiger partial charge in [-0.15, -0.1) is 0 Å². The summed E-state index contributed by atoms with van der Waals surface area (Å²) in [5.41, 5.74) is 6.86. The fourth-order valence-corrected chi connectivity index (χ4v) is 1.18. The van der Waals surface area contributed by atoms with Crippen LogP contribution in [0.4, 0.5) is 19.2 Å². The summed E-state index contributed by atoms with van der Waals surface area (Å²) in [6.45, 7) is 0.0503. The van der Waals surface area contributed by atoms with E-state index < -0.39 is 49.2 Å². The first-order valence-electron chi connectivity index (χ1n) is 6.65. The van der Waals surface area contributed by atoms with Crippen molar-refractivity contribution in [3.63, 3.8) is 0 Å². The predicted molar refractivity (Wildman–Crippen MR) is 78.5 cm³/mol. The largest absolute Gasteiger partial charge is 0.453 e. The average Bonchev–Trinajstić information content (AvgIpc) is 2.51. The van der Waals surface area contributed by atoms with E-state index in [1.807, 2.05) is 10.7 Å². The quantitative estimate of drug-likeness (QED) is 0.337. The van der Waals surface area contributed by atoms with Gasteiger partial charge in [-0.2, -0.15) is 0 Å². The number of primary amides is 1. The number of rotatable bonds is 5. The Balaban J connectivity index is 4.59. The molecule has 0 rings (SSSR count). The summed E-state index contributed by atoms with van der Waals surface area (Å²) in [5, 5.41) is 5.83. The molecule has 0 aromatic heterocycles. The number of urea groups is 2. The molecule has 14 nitrogen and oxygen atoms in total. The van der Waals surface area contributed by atoms with E-state index in [9.17, 15) is 28.8 Å². The third-order valence-electron chi connectivity index (χ3n) is 2.11. The molecular weight excluding hydrogens is 344 g/mol. The Hall–Kier alpha value is -3.58. The number of alkyl carbamates (subject to hydrolysis) is 2. The van der Waals surface area contributed by atoms with Crippen LogP contribution in [-0.2, 0) is 19.1 Å². The number of hydrazine groups is 1. The van der Waals surface area contributed by atoms with E-state index in [2.05, 4.69) is 9.47 Å². The highest BCUT2D eigenvalue weighted by molar-refractivity contribution is 5.95. The minimum atomic E-state index is -1.19. The molecule has 0 spiro atoms. The summed E-state index contributed by atoms with van der Waals surface area (Å²) in [6.07, 6.45) is -2.16. The maximum absolute atomic E-state index is 11.8. The Morgan fingerprint density at radius 2 is 1.68 bits per heavy atom. The van der Waals surface area contributed by atoms with Crippen LogP contribution in [0, 0.1) is 0 Å². The number of imide groups is 2.